The first-order valence-electron chi connectivity index (χ1n) is 6.21. The number of aromatic nitrogens is 1. The number of hydrogen-bond donors (Lipinski definition) is 0. The van der Waals surface area contributed by atoms with E-state index in [0.717, 1.165) is 29.9 Å². The topological polar surface area (TPSA) is 63.4 Å². The Balaban J connectivity index is 1.72. The zero-order valence-corrected chi connectivity index (χ0v) is 12.9. The molecule has 3 heterocycles. The lowest BCUT2D eigenvalue weighted by atomic mass is 9.96. The lowest BCUT2D eigenvalue weighted by Crippen LogP contribution is -2.37. The molecule has 1 aliphatic rings. The Bertz CT molecular complexity index is 673. The van der Waals surface area contributed by atoms with Crippen LogP contribution in [-0.2, 0) is 10.0 Å². The zero-order valence-electron chi connectivity index (χ0n) is 10.5. The van der Waals surface area contributed by atoms with Crippen molar-refractivity contribution in [2.45, 2.75) is 23.0 Å². The summed E-state index contributed by atoms with van der Waals surface area (Å²) < 4.78 is 32.5. The van der Waals surface area contributed by atoms with Gasteiger partial charge in [-0.2, -0.15) is 4.31 Å². The molecule has 1 fully saturated rings. The fourth-order valence-electron chi connectivity index (χ4n) is 2.37. The highest BCUT2D eigenvalue weighted by Gasteiger charge is 2.31. The van der Waals surface area contributed by atoms with Gasteiger partial charge >= 0.3 is 0 Å². The standard InChI is InChI=1S/C12H13ClN2O3S2/c13-11-1-2-12(19-11)20(16,17)15-5-3-9(4-6-15)10-7-14-8-18-10/h1-2,7-9H,3-6H2. The molecule has 20 heavy (non-hydrogen) atoms. The number of halogens is 1. The van der Waals surface area contributed by atoms with Gasteiger partial charge in [0.1, 0.15) is 9.97 Å². The second kappa shape index (κ2) is 5.48. The summed E-state index contributed by atoms with van der Waals surface area (Å²) in [6.07, 6.45) is 4.60. The molecule has 8 heteroatoms. The largest absolute Gasteiger partial charge is 0.448 e. The molecule has 0 N–H and O–H groups in total. The molecule has 108 valence electrons. The second-order valence-corrected chi connectivity index (χ2v) is 8.52. The van der Waals surface area contributed by atoms with Crippen molar-refractivity contribution in [1.82, 2.24) is 9.29 Å². The molecule has 0 radical (unpaired) electrons. The van der Waals surface area contributed by atoms with Crippen LogP contribution in [0, 0.1) is 0 Å². The Kier molecular flexibility index (Phi) is 3.85. The van der Waals surface area contributed by atoms with Crippen molar-refractivity contribution in [3.05, 3.63) is 34.8 Å². The molecule has 5 nitrogen and oxygen atoms in total. The predicted molar refractivity (Wildman–Crippen MR) is 76.6 cm³/mol. The van der Waals surface area contributed by atoms with Gasteiger partial charge in [0.25, 0.3) is 10.0 Å². The third kappa shape index (κ3) is 2.63. The van der Waals surface area contributed by atoms with Gasteiger partial charge in [-0.15, -0.1) is 11.3 Å². The molecule has 0 saturated carbocycles. The minimum absolute atomic E-state index is 0.246. The van der Waals surface area contributed by atoms with Crippen LogP contribution in [0.1, 0.15) is 24.5 Å². The average Bonchev–Trinajstić information content (AvgIpc) is 3.10. The summed E-state index contributed by atoms with van der Waals surface area (Å²) in [6.45, 7) is 0.979. The van der Waals surface area contributed by atoms with Gasteiger partial charge in [-0.05, 0) is 25.0 Å². The van der Waals surface area contributed by atoms with E-state index in [1.807, 2.05) is 0 Å². The van der Waals surface area contributed by atoms with Gasteiger partial charge in [-0.25, -0.2) is 13.4 Å². The first kappa shape index (κ1) is 14.1. The maximum atomic E-state index is 12.4. The molecule has 0 atom stereocenters. The molecule has 0 aromatic carbocycles. The Labute approximate surface area is 126 Å². The van der Waals surface area contributed by atoms with Crippen molar-refractivity contribution >= 4 is 33.0 Å². The highest BCUT2D eigenvalue weighted by Crippen LogP contribution is 2.33. The van der Waals surface area contributed by atoms with Gasteiger partial charge in [-0.1, -0.05) is 11.6 Å². The van der Waals surface area contributed by atoms with Gasteiger partial charge < -0.3 is 4.42 Å². The van der Waals surface area contributed by atoms with E-state index in [0.29, 0.717) is 21.6 Å². The molecule has 3 rings (SSSR count). The van der Waals surface area contributed by atoms with Crippen LogP contribution in [-0.4, -0.2) is 30.8 Å². The van der Waals surface area contributed by atoms with Crippen molar-refractivity contribution < 1.29 is 12.8 Å². The van der Waals surface area contributed by atoms with Gasteiger partial charge in [0.05, 0.1) is 10.5 Å². The number of thiophene rings is 1. The summed E-state index contributed by atoms with van der Waals surface area (Å²) in [5.74, 6) is 1.08. The van der Waals surface area contributed by atoms with Crippen LogP contribution in [0.25, 0.3) is 0 Å². The number of hydrogen-bond acceptors (Lipinski definition) is 5. The number of oxazole rings is 1. The number of sulfonamides is 1. The summed E-state index contributed by atoms with van der Waals surface area (Å²) >= 11 is 6.91. The number of nitrogens with zero attached hydrogens (tertiary/aromatic N) is 2. The van der Waals surface area contributed by atoms with Crippen LogP contribution in [0.15, 0.2) is 33.3 Å². The monoisotopic (exact) mass is 332 g/mol. The van der Waals surface area contributed by atoms with Gasteiger partial charge in [0.15, 0.2) is 6.39 Å². The maximum Gasteiger partial charge on any atom is 0.252 e. The fraction of sp³-hybridized carbons (Fsp3) is 0.417. The minimum atomic E-state index is -3.41. The van der Waals surface area contributed by atoms with E-state index in [4.69, 9.17) is 16.0 Å². The summed E-state index contributed by atoms with van der Waals surface area (Å²) in [4.78, 5) is 3.90. The van der Waals surface area contributed by atoms with Crippen molar-refractivity contribution in [3.63, 3.8) is 0 Å². The van der Waals surface area contributed by atoms with Crippen molar-refractivity contribution in [3.8, 4) is 0 Å². The molecular weight excluding hydrogens is 320 g/mol. The first-order chi connectivity index (χ1) is 9.57. The summed E-state index contributed by atoms with van der Waals surface area (Å²) in [5, 5.41) is 0. The molecule has 1 saturated heterocycles. The molecule has 0 unspecified atom stereocenters. The van der Waals surface area contributed by atoms with Crippen molar-refractivity contribution in [1.29, 1.82) is 0 Å². The summed E-state index contributed by atoms with van der Waals surface area (Å²) in [7, 11) is -3.41. The second-order valence-electron chi connectivity index (χ2n) is 4.64. The van der Waals surface area contributed by atoms with Crippen LogP contribution in [0.4, 0.5) is 0 Å². The average molecular weight is 333 g/mol. The van der Waals surface area contributed by atoms with Crippen molar-refractivity contribution in [2.75, 3.05) is 13.1 Å². The Morgan fingerprint density at radius 1 is 1.35 bits per heavy atom. The lowest BCUT2D eigenvalue weighted by Gasteiger charge is -2.29. The van der Waals surface area contributed by atoms with E-state index in [1.54, 1.807) is 18.3 Å². The molecule has 0 bridgehead atoms. The van der Waals surface area contributed by atoms with Crippen LogP contribution >= 0.6 is 22.9 Å². The van der Waals surface area contributed by atoms with Crippen LogP contribution in [0.3, 0.4) is 0 Å². The first-order valence-corrected chi connectivity index (χ1v) is 8.84. The zero-order chi connectivity index (χ0) is 14.2. The van der Waals surface area contributed by atoms with E-state index in [1.165, 1.54) is 10.7 Å². The molecule has 1 aliphatic heterocycles. The Morgan fingerprint density at radius 3 is 2.65 bits per heavy atom. The number of rotatable bonds is 3. The van der Waals surface area contributed by atoms with Gasteiger partial charge in [0.2, 0.25) is 0 Å². The third-order valence-electron chi connectivity index (χ3n) is 3.45. The van der Waals surface area contributed by atoms with Crippen LogP contribution in [0.5, 0.6) is 0 Å². The van der Waals surface area contributed by atoms with Crippen LogP contribution in [0.2, 0.25) is 4.34 Å². The predicted octanol–water partition coefficient (Wildman–Crippen LogP) is 2.96. The summed E-state index contributed by atoms with van der Waals surface area (Å²) in [6, 6.07) is 3.17. The highest BCUT2D eigenvalue weighted by molar-refractivity contribution is 7.91. The Morgan fingerprint density at radius 2 is 2.10 bits per heavy atom. The third-order valence-corrected chi connectivity index (χ3v) is 7.05. The fourth-order valence-corrected chi connectivity index (χ4v) is 5.48. The van der Waals surface area contributed by atoms with Gasteiger partial charge in [0, 0.05) is 19.0 Å². The molecule has 2 aromatic rings. The molecule has 0 spiro atoms. The maximum absolute atomic E-state index is 12.4. The summed E-state index contributed by atoms with van der Waals surface area (Å²) in [5.41, 5.74) is 0. The molecule has 0 amide bonds. The van der Waals surface area contributed by atoms with E-state index < -0.39 is 10.0 Å². The van der Waals surface area contributed by atoms with E-state index in [2.05, 4.69) is 4.98 Å². The van der Waals surface area contributed by atoms with Crippen molar-refractivity contribution in [2.24, 2.45) is 0 Å². The SMILES string of the molecule is O=S(=O)(c1ccc(Cl)s1)N1CCC(c2cnco2)CC1. The molecule has 0 aliphatic carbocycles. The number of piperidine rings is 1. The Hall–Kier alpha value is -0.890. The van der Waals surface area contributed by atoms with E-state index >= 15 is 0 Å². The highest BCUT2D eigenvalue weighted by atomic mass is 35.5. The normalized spacial score (nSPS) is 18.4. The van der Waals surface area contributed by atoms with E-state index in [9.17, 15) is 8.42 Å². The van der Waals surface area contributed by atoms with Crippen LogP contribution < -0.4 is 0 Å². The minimum Gasteiger partial charge on any atom is -0.448 e. The lowest BCUT2D eigenvalue weighted by molar-refractivity contribution is 0.296. The van der Waals surface area contributed by atoms with Gasteiger partial charge in [-0.3, -0.25) is 0 Å². The quantitative estimate of drug-likeness (QED) is 0.866. The molecular formula is C12H13ClN2O3S2. The van der Waals surface area contributed by atoms with E-state index in [-0.39, 0.29) is 5.92 Å². The molecule has 2 aromatic heterocycles. The smallest absolute Gasteiger partial charge is 0.252 e.